The monoisotopic (exact) mass is 318 g/mol. The van der Waals surface area contributed by atoms with E-state index in [2.05, 4.69) is 23.2 Å². The molecule has 0 saturated heterocycles. The van der Waals surface area contributed by atoms with E-state index in [1.54, 1.807) is 0 Å². The van der Waals surface area contributed by atoms with Gasteiger partial charge in [0, 0.05) is 17.5 Å². The van der Waals surface area contributed by atoms with E-state index in [-0.39, 0.29) is 5.60 Å². The molecular weight excluding hydrogens is 296 g/mol. The van der Waals surface area contributed by atoms with Gasteiger partial charge in [0.05, 0.1) is 17.3 Å². The molecule has 3 nitrogen and oxygen atoms in total. The summed E-state index contributed by atoms with van der Waals surface area (Å²) in [4.78, 5) is 0. The number of halogens is 1. The Bertz CT molecular complexity index is 684. The van der Waals surface area contributed by atoms with E-state index in [4.69, 9.17) is 16.3 Å². The Morgan fingerprint density at radius 1 is 1.18 bits per heavy atom. The Kier molecular flexibility index (Phi) is 3.28. The molecule has 0 aliphatic heterocycles. The number of nitrogens with one attached hydrogen (secondary N) is 1. The predicted molar refractivity (Wildman–Crippen MR) is 89.4 cm³/mol. The maximum atomic E-state index is 6.35. The third-order valence-electron chi connectivity index (χ3n) is 6.60. The summed E-state index contributed by atoms with van der Waals surface area (Å²) in [5.41, 5.74) is 3.04. The van der Waals surface area contributed by atoms with Crippen LogP contribution in [0.5, 0.6) is 0 Å². The Hall–Kier alpha value is -1.06. The molecule has 5 rings (SSSR count). The highest BCUT2D eigenvalue weighted by Gasteiger charge is 2.51. The van der Waals surface area contributed by atoms with Crippen LogP contribution in [0.2, 0.25) is 5.02 Å². The molecule has 2 aromatic rings. The normalized spacial score (nSPS) is 32.5. The second kappa shape index (κ2) is 4.97. The van der Waals surface area contributed by atoms with Crippen LogP contribution in [-0.4, -0.2) is 22.9 Å². The number of fused-ring (bicyclic) bond motifs is 4. The number of rotatable bonds is 3. The zero-order valence-electron chi connectivity index (χ0n) is 13.3. The van der Waals surface area contributed by atoms with Crippen LogP contribution in [0.3, 0.4) is 0 Å². The van der Waals surface area contributed by atoms with Crippen LogP contribution in [0.1, 0.15) is 56.9 Å². The summed E-state index contributed by atoms with van der Waals surface area (Å²) in [5.74, 6) is 0.490. The first-order valence-corrected chi connectivity index (χ1v) is 8.63. The Morgan fingerprint density at radius 3 is 2.50 bits per heavy atom. The molecule has 22 heavy (non-hydrogen) atoms. The molecule has 0 spiro atoms. The lowest BCUT2D eigenvalue weighted by atomic mass is 9.53. The van der Waals surface area contributed by atoms with Gasteiger partial charge in [-0.05, 0) is 67.6 Å². The Balaban J connectivity index is 1.72. The molecule has 1 unspecified atom stereocenters. The standard InChI is InChI=1S/C18H23ClN2O/c1-12(15-10-14(19)9-13-11-20-21-16(13)15)17-3-6-18(22-2,7-4-17)8-5-17/h9-12H,3-8H2,1-2H3,(H,20,21). The summed E-state index contributed by atoms with van der Waals surface area (Å²) in [7, 11) is 1.88. The van der Waals surface area contributed by atoms with E-state index < -0.39 is 0 Å². The van der Waals surface area contributed by atoms with Crippen molar-refractivity contribution >= 4 is 22.5 Å². The number of nitrogens with zero attached hydrogens (tertiary/aromatic N) is 1. The van der Waals surface area contributed by atoms with Gasteiger partial charge < -0.3 is 4.74 Å². The van der Waals surface area contributed by atoms with Gasteiger partial charge in [-0.25, -0.2) is 0 Å². The quantitative estimate of drug-likeness (QED) is 0.859. The van der Waals surface area contributed by atoms with Gasteiger partial charge in [-0.1, -0.05) is 18.5 Å². The highest BCUT2D eigenvalue weighted by Crippen LogP contribution is 2.59. The smallest absolute Gasteiger partial charge is 0.0686 e. The first-order valence-electron chi connectivity index (χ1n) is 8.25. The van der Waals surface area contributed by atoms with Crippen LogP contribution in [0.15, 0.2) is 18.3 Å². The lowest BCUT2D eigenvalue weighted by molar-refractivity contribution is -0.122. The number of benzene rings is 1. The molecule has 1 aromatic carbocycles. The minimum absolute atomic E-state index is 0.166. The van der Waals surface area contributed by atoms with Crippen LogP contribution < -0.4 is 0 Å². The third-order valence-corrected chi connectivity index (χ3v) is 6.82. The zero-order valence-corrected chi connectivity index (χ0v) is 14.0. The first-order chi connectivity index (χ1) is 10.6. The molecule has 3 saturated carbocycles. The molecule has 0 amide bonds. The van der Waals surface area contributed by atoms with E-state index in [1.165, 1.54) is 44.1 Å². The van der Waals surface area contributed by atoms with Gasteiger partial charge in [-0.3, -0.25) is 5.10 Å². The van der Waals surface area contributed by atoms with Crippen LogP contribution in [0, 0.1) is 5.41 Å². The largest absolute Gasteiger partial charge is 0.378 e. The van der Waals surface area contributed by atoms with Gasteiger partial charge in [-0.15, -0.1) is 0 Å². The van der Waals surface area contributed by atoms with Gasteiger partial charge in [0.2, 0.25) is 0 Å². The molecule has 3 aliphatic carbocycles. The van der Waals surface area contributed by atoms with Crippen molar-refractivity contribution in [1.29, 1.82) is 0 Å². The topological polar surface area (TPSA) is 37.9 Å². The predicted octanol–water partition coefficient (Wildman–Crippen LogP) is 5.06. The van der Waals surface area contributed by atoms with Crippen molar-refractivity contribution < 1.29 is 4.74 Å². The number of ether oxygens (including phenoxy) is 1. The van der Waals surface area contributed by atoms with Gasteiger partial charge >= 0.3 is 0 Å². The van der Waals surface area contributed by atoms with E-state index >= 15 is 0 Å². The van der Waals surface area contributed by atoms with E-state index in [1.807, 2.05) is 19.4 Å². The number of hydrogen-bond donors (Lipinski definition) is 1. The summed E-state index contributed by atoms with van der Waals surface area (Å²) in [5, 5.41) is 9.31. The molecule has 4 heteroatoms. The zero-order chi connectivity index (χ0) is 15.4. The van der Waals surface area contributed by atoms with Crippen LogP contribution >= 0.6 is 11.6 Å². The maximum absolute atomic E-state index is 6.35. The van der Waals surface area contributed by atoms with Crippen molar-refractivity contribution in [2.75, 3.05) is 7.11 Å². The molecular formula is C18H23ClN2O. The van der Waals surface area contributed by atoms with Crippen molar-refractivity contribution in [2.24, 2.45) is 5.41 Å². The fourth-order valence-corrected chi connectivity index (χ4v) is 5.09. The molecule has 3 aliphatic rings. The lowest BCUT2D eigenvalue weighted by Gasteiger charge is -2.55. The summed E-state index contributed by atoms with van der Waals surface area (Å²) in [6.45, 7) is 2.37. The fourth-order valence-electron chi connectivity index (χ4n) is 4.85. The van der Waals surface area contributed by atoms with E-state index in [0.29, 0.717) is 11.3 Å². The highest BCUT2D eigenvalue weighted by molar-refractivity contribution is 6.31. The van der Waals surface area contributed by atoms with Crippen LogP contribution in [0.4, 0.5) is 0 Å². The molecule has 1 heterocycles. The summed E-state index contributed by atoms with van der Waals surface area (Å²) in [6.07, 6.45) is 9.22. The summed E-state index contributed by atoms with van der Waals surface area (Å²) >= 11 is 6.35. The van der Waals surface area contributed by atoms with Gasteiger partial charge in [0.15, 0.2) is 0 Å². The van der Waals surface area contributed by atoms with Gasteiger partial charge in [-0.2, -0.15) is 5.10 Å². The molecule has 2 bridgehead atoms. The van der Waals surface area contributed by atoms with Crippen LogP contribution in [-0.2, 0) is 4.74 Å². The number of H-pyrrole nitrogens is 1. The van der Waals surface area contributed by atoms with Crippen molar-refractivity contribution in [3.8, 4) is 0 Å². The minimum Gasteiger partial charge on any atom is -0.378 e. The highest BCUT2D eigenvalue weighted by atomic mass is 35.5. The Morgan fingerprint density at radius 2 is 1.86 bits per heavy atom. The molecule has 0 radical (unpaired) electrons. The average molecular weight is 319 g/mol. The molecule has 3 fully saturated rings. The second-order valence-corrected chi connectivity index (χ2v) is 7.74. The lowest BCUT2D eigenvalue weighted by Crippen LogP contribution is -2.49. The SMILES string of the molecule is COC12CCC(C(C)c3cc(Cl)cc4cn[nH]c34)(CC1)CC2. The second-order valence-electron chi connectivity index (χ2n) is 7.30. The van der Waals surface area contributed by atoms with Crippen molar-refractivity contribution in [3.05, 3.63) is 28.9 Å². The van der Waals surface area contributed by atoms with Crippen LogP contribution in [0.25, 0.3) is 10.9 Å². The van der Waals surface area contributed by atoms with Gasteiger partial charge in [0.25, 0.3) is 0 Å². The van der Waals surface area contributed by atoms with Crippen molar-refractivity contribution in [1.82, 2.24) is 10.2 Å². The van der Waals surface area contributed by atoms with E-state index in [0.717, 1.165) is 15.9 Å². The molecule has 118 valence electrons. The first kappa shape index (κ1) is 14.5. The number of aromatic amines is 1. The minimum atomic E-state index is 0.166. The molecule has 1 aromatic heterocycles. The van der Waals surface area contributed by atoms with E-state index in [9.17, 15) is 0 Å². The fraction of sp³-hybridized carbons (Fsp3) is 0.611. The molecule has 1 atom stereocenters. The average Bonchev–Trinajstić information content (AvgIpc) is 3.03. The number of aromatic nitrogens is 2. The number of hydrogen-bond acceptors (Lipinski definition) is 2. The third kappa shape index (κ3) is 2.02. The van der Waals surface area contributed by atoms with Gasteiger partial charge in [0.1, 0.15) is 0 Å². The summed E-state index contributed by atoms with van der Waals surface area (Å²) < 4.78 is 5.84. The summed E-state index contributed by atoms with van der Waals surface area (Å²) in [6, 6.07) is 4.13. The maximum Gasteiger partial charge on any atom is 0.0686 e. The number of methoxy groups -OCH3 is 1. The van der Waals surface area contributed by atoms with Crippen molar-refractivity contribution in [3.63, 3.8) is 0 Å². The Labute approximate surface area is 136 Å². The van der Waals surface area contributed by atoms with Crippen molar-refractivity contribution in [2.45, 2.75) is 57.0 Å². The molecule has 1 N–H and O–H groups in total.